The van der Waals surface area contributed by atoms with Crippen molar-refractivity contribution in [2.75, 3.05) is 19.0 Å². The van der Waals surface area contributed by atoms with Gasteiger partial charge in [-0.05, 0) is 36.8 Å². The zero-order chi connectivity index (χ0) is 15.9. The van der Waals surface area contributed by atoms with E-state index >= 15 is 0 Å². The number of para-hydroxylation sites is 2. The lowest BCUT2D eigenvalue weighted by Gasteiger charge is -2.10. The minimum atomic E-state index is -0.130. The van der Waals surface area contributed by atoms with E-state index in [0.717, 1.165) is 5.56 Å². The van der Waals surface area contributed by atoms with Gasteiger partial charge in [-0.25, -0.2) is 0 Å². The van der Waals surface area contributed by atoms with Crippen LogP contribution < -0.4 is 14.8 Å². The van der Waals surface area contributed by atoms with Gasteiger partial charge in [0, 0.05) is 10.7 Å². The number of ether oxygens (including phenoxy) is 2. The lowest BCUT2D eigenvalue weighted by molar-refractivity contribution is -0.116. The van der Waals surface area contributed by atoms with Crippen molar-refractivity contribution >= 4 is 23.2 Å². The van der Waals surface area contributed by atoms with E-state index in [0.29, 0.717) is 22.2 Å². The predicted molar refractivity (Wildman–Crippen MR) is 87.9 cm³/mol. The number of benzene rings is 2. The first-order valence-corrected chi connectivity index (χ1v) is 7.30. The Balaban J connectivity index is 1.84. The van der Waals surface area contributed by atoms with Crippen molar-refractivity contribution in [1.82, 2.24) is 0 Å². The summed E-state index contributed by atoms with van der Waals surface area (Å²) in [6, 6.07) is 12.7. The van der Waals surface area contributed by atoms with Crippen LogP contribution in [0.5, 0.6) is 11.5 Å². The van der Waals surface area contributed by atoms with Gasteiger partial charge in [0.15, 0.2) is 11.5 Å². The third kappa shape index (κ3) is 4.40. The first-order valence-electron chi connectivity index (χ1n) is 6.92. The molecule has 1 amide bonds. The van der Waals surface area contributed by atoms with Crippen LogP contribution in [0.25, 0.3) is 0 Å². The number of nitrogens with one attached hydrogen (secondary N) is 1. The zero-order valence-electron chi connectivity index (χ0n) is 12.6. The molecule has 4 nitrogen and oxygen atoms in total. The first kappa shape index (κ1) is 16.2. The zero-order valence-corrected chi connectivity index (χ0v) is 13.3. The van der Waals surface area contributed by atoms with E-state index in [9.17, 15) is 4.79 Å². The van der Waals surface area contributed by atoms with Gasteiger partial charge in [0.05, 0.1) is 20.1 Å². The van der Waals surface area contributed by atoms with Gasteiger partial charge in [0.1, 0.15) is 0 Å². The quantitative estimate of drug-likeness (QED) is 0.873. The maximum absolute atomic E-state index is 11.9. The second kappa shape index (κ2) is 7.71. The Morgan fingerprint density at radius 1 is 1.18 bits per heavy atom. The second-order valence-corrected chi connectivity index (χ2v) is 5.17. The molecule has 1 N–H and O–H groups in total. The van der Waals surface area contributed by atoms with Crippen molar-refractivity contribution in [3.05, 3.63) is 53.1 Å². The molecule has 0 unspecified atom stereocenters. The van der Waals surface area contributed by atoms with Crippen molar-refractivity contribution in [3.63, 3.8) is 0 Å². The van der Waals surface area contributed by atoms with Crippen molar-refractivity contribution in [3.8, 4) is 11.5 Å². The molecule has 0 aliphatic heterocycles. The fraction of sp³-hybridized carbons (Fsp3) is 0.235. The summed E-state index contributed by atoms with van der Waals surface area (Å²) in [5.41, 5.74) is 1.65. The molecular formula is C17H18ClNO3. The molecule has 2 aromatic rings. The minimum absolute atomic E-state index is 0.130. The molecule has 22 heavy (non-hydrogen) atoms. The van der Waals surface area contributed by atoms with Crippen LogP contribution in [0.2, 0.25) is 5.02 Å². The monoisotopic (exact) mass is 319 g/mol. The number of carbonyl (C=O) groups excluding carboxylic acids is 1. The molecule has 5 heteroatoms. The minimum Gasteiger partial charge on any atom is -0.493 e. The smallest absolute Gasteiger partial charge is 0.227 e. The highest BCUT2D eigenvalue weighted by atomic mass is 35.5. The summed E-state index contributed by atoms with van der Waals surface area (Å²) in [6.45, 7) is 2.18. The Kier molecular flexibility index (Phi) is 5.67. The third-order valence-electron chi connectivity index (χ3n) is 3.11. The van der Waals surface area contributed by atoms with Crippen LogP contribution in [0.1, 0.15) is 12.0 Å². The number of halogens is 1. The largest absolute Gasteiger partial charge is 0.493 e. The van der Waals surface area contributed by atoms with E-state index < -0.39 is 0 Å². The Hall–Kier alpha value is -2.20. The molecule has 2 aromatic carbocycles. The van der Waals surface area contributed by atoms with Crippen LogP contribution in [-0.2, 0) is 4.79 Å². The molecular weight excluding hydrogens is 302 g/mol. The molecule has 0 aliphatic rings. The number of carbonyl (C=O) groups is 1. The maximum atomic E-state index is 11.9. The van der Waals surface area contributed by atoms with E-state index in [4.69, 9.17) is 21.1 Å². The van der Waals surface area contributed by atoms with Crippen LogP contribution in [0, 0.1) is 6.92 Å². The second-order valence-electron chi connectivity index (χ2n) is 4.76. The van der Waals surface area contributed by atoms with E-state index in [1.54, 1.807) is 19.2 Å². The van der Waals surface area contributed by atoms with Gasteiger partial charge in [0.25, 0.3) is 0 Å². The molecule has 0 bridgehead atoms. The normalized spacial score (nSPS) is 10.1. The van der Waals surface area contributed by atoms with E-state index in [2.05, 4.69) is 5.32 Å². The Morgan fingerprint density at radius 2 is 1.91 bits per heavy atom. The summed E-state index contributed by atoms with van der Waals surface area (Å²) in [4.78, 5) is 11.9. The number of amides is 1. The number of anilines is 1. The molecule has 0 aromatic heterocycles. The van der Waals surface area contributed by atoms with Gasteiger partial charge in [0.2, 0.25) is 5.91 Å². The molecule has 0 heterocycles. The maximum Gasteiger partial charge on any atom is 0.227 e. The van der Waals surface area contributed by atoms with E-state index in [-0.39, 0.29) is 18.9 Å². The summed E-state index contributed by atoms with van der Waals surface area (Å²) in [6.07, 6.45) is 0.240. The Bertz CT molecular complexity index is 658. The van der Waals surface area contributed by atoms with Crippen LogP contribution in [0.15, 0.2) is 42.5 Å². The summed E-state index contributed by atoms with van der Waals surface area (Å²) in [5.74, 6) is 1.14. The van der Waals surface area contributed by atoms with Crippen molar-refractivity contribution in [1.29, 1.82) is 0 Å². The number of methoxy groups -OCH3 is 1. The molecule has 0 fully saturated rings. The molecule has 0 radical (unpaired) electrons. The fourth-order valence-corrected chi connectivity index (χ4v) is 2.07. The summed E-state index contributed by atoms with van der Waals surface area (Å²) < 4.78 is 10.7. The van der Waals surface area contributed by atoms with Crippen LogP contribution in [0.3, 0.4) is 0 Å². The van der Waals surface area contributed by atoms with Gasteiger partial charge in [-0.2, -0.15) is 0 Å². The third-order valence-corrected chi connectivity index (χ3v) is 3.52. The van der Waals surface area contributed by atoms with Crippen LogP contribution in [0.4, 0.5) is 5.69 Å². The van der Waals surface area contributed by atoms with Gasteiger partial charge < -0.3 is 14.8 Å². The lowest BCUT2D eigenvalue weighted by Crippen LogP contribution is -2.15. The number of aryl methyl sites for hydroxylation is 1. The Morgan fingerprint density at radius 3 is 2.59 bits per heavy atom. The van der Waals surface area contributed by atoms with Gasteiger partial charge in [-0.3, -0.25) is 4.79 Å². The van der Waals surface area contributed by atoms with Crippen molar-refractivity contribution in [2.24, 2.45) is 0 Å². The highest BCUT2D eigenvalue weighted by Gasteiger charge is 2.06. The molecule has 0 atom stereocenters. The Labute approximate surface area is 135 Å². The molecule has 0 aliphatic carbocycles. The lowest BCUT2D eigenvalue weighted by atomic mass is 10.2. The molecule has 116 valence electrons. The highest BCUT2D eigenvalue weighted by molar-refractivity contribution is 6.31. The molecule has 0 saturated heterocycles. The van der Waals surface area contributed by atoms with Crippen LogP contribution in [-0.4, -0.2) is 19.6 Å². The van der Waals surface area contributed by atoms with Gasteiger partial charge >= 0.3 is 0 Å². The van der Waals surface area contributed by atoms with Crippen molar-refractivity contribution < 1.29 is 14.3 Å². The number of hydrogen-bond acceptors (Lipinski definition) is 3. The van der Waals surface area contributed by atoms with Crippen molar-refractivity contribution in [2.45, 2.75) is 13.3 Å². The highest BCUT2D eigenvalue weighted by Crippen LogP contribution is 2.25. The van der Waals surface area contributed by atoms with E-state index in [1.807, 2.05) is 37.3 Å². The summed E-state index contributed by atoms with van der Waals surface area (Å²) >= 11 is 6.03. The average Bonchev–Trinajstić information content (AvgIpc) is 2.51. The van der Waals surface area contributed by atoms with Gasteiger partial charge in [-0.1, -0.05) is 29.8 Å². The molecule has 0 saturated carbocycles. The topological polar surface area (TPSA) is 47.6 Å². The first-order chi connectivity index (χ1) is 10.6. The average molecular weight is 320 g/mol. The predicted octanol–water partition coefficient (Wildman–Crippen LogP) is 4.06. The van der Waals surface area contributed by atoms with Crippen LogP contribution >= 0.6 is 11.6 Å². The van der Waals surface area contributed by atoms with Gasteiger partial charge in [-0.15, -0.1) is 0 Å². The number of hydrogen-bond donors (Lipinski definition) is 1. The summed E-state index contributed by atoms with van der Waals surface area (Å²) in [7, 11) is 1.58. The standard InChI is InChI=1S/C17H18ClNO3/c1-12-7-8-13(11-14(12)18)19-17(20)9-10-22-16-6-4-3-5-15(16)21-2/h3-8,11H,9-10H2,1-2H3,(H,19,20). The SMILES string of the molecule is COc1ccccc1OCCC(=O)Nc1ccc(C)c(Cl)c1. The van der Waals surface area contributed by atoms with E-state index in [1.165, 1.54) is 0 Å². The number of rotatable bonds is 6. The molecule has 2 rings (SSSR count). The summed E-state index contributed by atoms with van der Waals surface area (Å²) in [5, 5.41) is 3.42. The molecule has 0 spiro atoms. The fourth-order valence-electron chi connectivity index (χ4n) is 1.89.